The molecular formula is C9H17N3OS. The van der Waals surface area contributed by atoms with Crippen LogP contribution >= 0.6 is 12.2 Å². The summed E-state index contributed by atoms with van der Waals surface area (Å²) in [7, 11) is 1.67. The van der Waals surface area contributed by atoms with E-state index in [0.29, 0.717) is 4.77 Å². The molecule has 0 spiro atoms. The molecule has 1 rings (SSSR count). The molecule has 0 aliphatic heterocycles. The predicted octanol–water partition coefficient (Wildman–Crippen LogP) is 2.23. The highest BCUT2D eigenvalue weighted by atomic mass is 32.1. The van der Waals surface area contributed by atoms with Gasteiger partial charge in [0.15, 0.2) is 10.6 Å². The molecule has 0 atom stereocenters. The smallest absolute Gasteiger partial charge is 0.195 e. The molecule has 0 bridgehead atoms. The molecule has 0 aliphatic carbocycles. The van der Waals surface area contributed by atoms with Crippen molar-refractivity contribution in [3.63, 3.8) is 0 Å². The molecular weight excluding hydrogens is 198 g/mol. The molecule has 1 aromatic rings. The van der Waals surface area contributed by atoms with Crippen LogP contribution in [0.25, 0.3) is 0 Å². The summed E-state index contributed by atoms with van der Waals surface area (Å²) in [6.07, 6.45) is 1.03. The second-order valence-corrected chi connectivity index (χ2v) is 4.11. The number of H-pyrrole nitrogens is 1. The Kier molecular flexibility index (Phi) is 3.44. The van der Waals surface area contributed by atoms with E-state index in [1.165, 1.54) is 0 Å². The van der Waals surface area contributed by atoms with Crippen LogP contribution in [0.2, 0.25) is 0 Å². The van der Waals surface area contributed by atoms with Crippen LogP contribution in [-0.4, -0.2) is 21.9 Å². The Labute approximate surface area is 89.3 Å². The van der Waals surface area contributed by atoms with Crippen molar-refractivity contribution < 1.29 is 4.74 Å². The van der Waals surface area contributed by atoms with E-state index in [4.69, 9.17) is 17.0 Å². The van der Waals surface area contributed by atoms with Crippen molar-refractivity contribution in [1.82, 2.24) is 14.8 Å². The van der Waals surface area contributed by atoms with Crippen molar-refractivity contribution in [2.45, 2.75) is 39.3 Å². The van der Waals surface area contributed by atoms with Crippen LogP contribution < -0.4 is 0 Å². The zero-order chi connectivity index (χ0) is 10.8. The number of nitrogens with one attached hydrogen (secondary N) is 1. The summed E-state index contributed by atoms with van der Waals surface area (Å²) < 4.78 is 8.02. The van der Waals surface area contributed by atoms with E-state index >= 15 is 0 Å². The topological polar surface area (TPSA) is 42.8 Å². The minimum Gasteiger partial charge on any atom is -0.371 e. The molecule has 80 valence electrons. The lowest BCUT2D eigenvalue weighted by Crippen LogP contribution is -2.25. The van der Waals surface area contributed by atoms with Gasteiger partial charge in [0.1, 0.15) is 5.60 Å². The van der Waals surface area contributed by atoms with Gasteiger partial charge in [-0.3, -0.25) is 5.10 Å². The molecule has 14 heavy (non-hydrogen) atoms. The van der Waals surface area contributed by atoms with Gasteiger partial charge in [0.2, 0.25) is 0 Å². The number of hydrogen-bond donors (Lipinski definition) is 1. The van der Waals surface area contributed by atoms with E-state index in [9.17, 15) is 0 Å². The van der Waals surface area contributed by atoms with Crippen LogP contribution in [0.3, 0.4) is 0 Å². The second kappa shape index (κ2) is 4.23. The summed E-state index contributed by atoms with van der Waals surface area (Å²) in [6, 6.07) is 0. The Morgan fingerprint density at radius 1 is 1.57 bits per heavy atom. The van der Waals surface area contributed by atoms with Gasteiger partial charge in [-0.2, -0.15) is 5.10 Å². The Morgan fingerprint density at radius 2 is 2.21 bits per heavy atom. The molecule has 4 nitrogen and oxygen atoms in total. The average molecular weight is 215 g/mol. The highest BCUT2D eigenvalue weighted by Crippen LogP contribution is 2.21. The molecule has 0 fully saturated rings. The quantitative estimate of drug-likeness (QED) is 0.783. The third-order valence-corrected chi connectivity index (χ3v) is 2.57. The van der Waals surface area contributed by atoms with Crippen molar-refractivity contribution in [1.29, 1.82) is 0 Å². The monoisotopic (exact) mass is 215 g/mol. The number of aromatic amines is 1. The summed E-state index contributed by atoms with van der Waals surface area (Å²) in [4.78, 5) is 0. The lowest BCUT2D eigenvalue weighted by molar-refractivity contribution is 0.00811. The Balaban J connectivity index is 3.15. The first-order valence-electron chi connectivity index (χ1n) is 4.73. The lowest BCUT2D eigenvalue weighted by Gasteiger charge is -2.22. The van der Waals surface area contributed by atoms with E-state index < -0.39 is 5.60 Å². The molecule has 1 heterocycles. The van der Waals surface area contributed by atoms with Crippen molar-refractivity contribution >= 4 is 12.2 Å². The van der Waals surface area contributed by atoms with Crippen molar-refractivity contribution in [2.24, 2.45) is 0 Å². The van der Waals surface area contributed by atoms with Crippen molar-refractivity contribution in [3.05, 3.63) is 10.6 Å². The maximum atomic E-state index is 5.37. The highest BCUT2D eigenvalue weighted by Gasteiger charge is 2.26. The zero-order valence-electron chi connectivity index (χ0n) is 9.13. The molecule has 0 saturated carbocycles. The minimum atomic E-state index is -0.400. The average Bonchev–Trinajstić information content (AvgIpc) is 2.50. The van der Waals surface area contributed by atoms with Gasteiger partial charge < -0.3 is 9.30 Å². The molecule has 5 heteroatoms. The van der Waals surface area contributed by atoms with E-state index in [1.807, 2.05) is 18.4 Å². The fourth-order valence-corrected chi connectivity index (χ4v) is 1.52. The third kappa shape index (κ3) is 2.04. The van der Waals surface area contributed by atoms with Crippen molar-refractivity contribution in [2.75, 3.05) is 7.11 Å². The molecule has 0 aliphatic rings. The molecule has 0 amide bonds. The van der Waals surface area contributed by atoms with Crippen LogP contribution in [0.15, 0.2) is 0 Å². The largest absolute Gasteiger partial charge is 0.371 e. The summed E-state index contributed by atoms with van der Waals surface area (Å²) in [6.45, 7) is 6.93. The lowest BCUT2D eigenvalue weighted by atomic mass is 10.1. The fraction of sp³-hybridized carbons (Fsp3) is 0.778. The maximum Gasteiger partial charge on any atom is 0.195 e. The maximum absolute atomic E-state index is 5.37. The van der Waals surface area contributed by atoms with E-state index in [-0.39, 0.29) is 0 Å². The number of nitrogens with zero attached hydrogens (tertiary/aromatic N) is 2. The van der Waals surface area contributed by atoms with Crippen LogP contribution in [0, 0.1) is 4.77 Å². The van der Waals surface area contributed by atoms with E-state index in [2.05, 4.69) is 17.1 Å². The SMILES string of the molecule is CCCn1c(C(C)(C)OC)n[nH]c1=S. The van der Waals surface area contributed by atoms with Gasteiger partial charge in [0, 0.05) is 13.7 Å². The molecule has 0 aromatic carbocycles. The summed E-state index contributed by atoms with van der Waals surface area (Å²) in [5, 5.41) is 7.00. The number of aromatic nitrogens is 3. The minimum absolute atomic E-state index is 0.400. The molecule has 0 unspecified atom stereocenters. The Bertz CT molecular complexity index is 353. The predicted molar refractivity (Wildman–Crippen MR) is 57.7 cm³/mol. The molecule has 0 radical (unpaired) electrons. The standard InChI is InChI=1S/C9H17N3OS/c1-5-6-12-7(9(2,3)13-4)10-11-8(12)14/h5-6H2,1-4H3,(H,11,14). The Morgan fingerprint density at radius 3 is 2.71 bits per heavy atom. The summed E-state index contributed by atoms with van der Waals surface area (Å²) >= 11 is 5.14. The van der Waals surface area contributed by atoms with E-state index in [1.54, 1.807) is 7.11 Å². The summed E-state index contributed by atoms with van der Waals surface area (Å²) in [5.41, 5.74) is -0.400. The number of ether oxygens (including phenoxy) is 1. The van der Waals surface area contributed by atoms with Crippen LogP contribution in [0.5, 0.6) is 0 Å². The molecule has 0 saturated heterocycles. The zero-order valence-corrected chi connectivity index (χ0v) is 9.94. The highest BCUT2D eigenvalue weighted by molar-refractivity contribution is 7.71. The fourth-order valence-electron chi connectivity index (χ4n) is 1.30. The van der Waals surface area contributed by atoms with Gasteiger partial charge in [0.05, 0.1) is 0 Å². The van der Waals surface area contributed by atoms with Crippen molar-refractivity contribution in [3.8, 4) is 0 Å². The number of rotatable bonds is 4. The van der Waals surface area contributed by atoms with Gasteiger partial charge in [-0.05, 0) is 32.5 Å². The van der Waals surface area contributed by atoms with Gasteiger partial charge in [-0.25, -0.2) is 0 Å². The second-order valence-electron chi connectivity index (χ2n) is 3.72. The van der Waals surface area contributed by atoms with Gasteiger partial charge in [0.25, 0.3) is 0 Å². The van der Waals surface area contributed by atoms with E-state index in [0.717, 1.165) is 18.8 Å². The molecule has 1 N–H and O–H groups in total. The van der Waals surface area contributed by atoms with Crippen LogP contribution in [0.4, 0.5) is 0 Å². The Hall–Kier alpha value is -0.680. The number of methoxy groups -OCH3 is 1. The van der Waals surface area contributed by atoms with Gasteiger partial charge in [-0.15, -0.1) is 0 Å². The first kappa shape index (κ1) is 11.4. The third-order valence-electron chi connectivity index (χ3n) is 2.25. The van der Waals surface area contributed by atoms with Crippen LogP contribution in [0.1, 0.15) is 33.0 Å². The molecule has 1 aromatic heterocycles. The van der Waals surface area contributed by atoms with Crippen LogP contribution in [-0.2, 0) is 16.9 Å². The van der Waals surface area contributed by atoms with Gasteiger partial charge in [-0.1, -0.05) is 6.92 Å². The van der Waals surface area contributed by atoms with Gasteiger partial charge >= 0.3 is 0 Å². The first-order valence-corrected chi connectivity index (χ1v) is 5.14. The normalized spacial score (nSPS) is 12.0. The number of hydrogen-bond acceptors (Lipinski definition) is 3. The summed E-state index contributed by atoms with van der Waals surface area (Å²) in [5.74, 6) is 0.854. The first-order chi connectivity index (χ1) is 6.53.